The molecule has 1 aliphatic heterocycles. The Hall–Kier alpha value is -0.800. The van der Waals surface area contributed by atoms with E-state index >= 15 is 0 Å². The minimum absolute atomic E-state index is 0.0865. The van der Waals surface area contributed by atoms with E-state index < -0.39 is 0 Å². The number of rotatable bonds is 3. The van der Waals surface area contributed by atoms with Crippen molar-refractivity contribution in [2.45, 2.75) is 32.4 Å². The van der Waals surface area contributed by atoms with Crippen LogP contribution in [0, 0.1) is 5.92 Å². The number of ether oxygens (including phenoxy) is 1. The van der Waals surface area contributed by atoms with Crippen LogP contribution in [0.5, 0.6) is 0 Å². The number of furan rings is 1. The van der Waals surface area contributed by atoms with Crippen LogP contribution in [0.15, 0.2) is 22.8 Å². The van der Waals surface area contributed by atoms with Gasteiger partial charge in [-0.15, -0.1) is 0 Å². The highest BCUT2D eigenvalue weighted by atomic mass is 16.5. The second-order valence-corrected chi connectivity index (χ2v) is 4.57. The van der Waals surface area contributed by atoms with Crippen LogP contribution < -0.4 is 5.32 Å². The van der Waals surface area contributed by atoms with Gasteiger partial charge in [-0.1, -0.05) is 13.8 Å². The number of morpholine rings is 1. The van der Waals surface area contributed by atoms with Gasteiger partial charge in [0.1, 0.15) is 11.9 Å². The van der Waals surface area contributed by atoms with E-state index in [1.165, 1.54) is 6.42 Å². The minimum atomic E-state index is 0.0865. The first-order valence-corrected chi connectivity index (χ1v) is 5.64. The summed E-state index contributed by atoms with van der Waals surface area (Å²) in [4.78, 5) is 0. The molecule has 1 aromatic heterocycles. The lowest BCUT2D eigenvalue weighted by atomic mass is 10.0. The molecule has 15 heavy (non-hydrogen) atoms. The van der Waals surface area contributed by atoms with Crippen LogP contribution in [-0.4, -0.2) is 19.2 Å². The van der Waals surface area contributed by atoms with Gasteiger partial charge >= 0.3 is 0 Å². The SMILES string of the molecule is CC(C)CC1COC(c2ccco2)CN1. The van der Waals surface area contributed by atoms with Crippen LogP contribution in [0.2, 0.25) is 0 Å². The lowest BCUT2D eigenvalue weighted by Gasteiger charge is -2.30. The van der Waals surface area contributed by atoms with E-state index in [1.54, 1.807) is 6.26 Å². The Balaban J connectivity index is 1.82. The summed E-state index contributed by atoms with van der Waals surface area (Å²) in [5, 5.41) is 3.50. The molecule has 2 atom stereocenters. The zero-order valence-corrected chi connectivity index (χ0v) is 9.40. The Morgan fingerprint density at radius 2 is 2.40 bits per heavy atom. The maximum absolute atomic E-state index is 5.78. The van der Waals surface area contributed by atoms with Crippen molar-refractivity contribution in [2.75, 3.05) is 13.2 Å². The summed E-state index contributed by atoms with van der Waals surface area (Å²) in [5.74, 6) is 1.64. The minimum Gasteiger partial charge on any atom is -0.467 e. The van der Waals surface area contributed by atoms with E-state index in [1.807, 2.05) is 12.1 Å². The van der Waals surface area contributed by atoms with Crippen LogP contribution in [0.25, 0.3) is 0 Å². The van der Waals surface area contributed by atoms with E-state index in [2.05, 4.69) is 19.2 Å². The van der Waals surface area contributed by atoms with Crippen LogP contribution >= 0.6 is 0 Å². The second-order valence-electron chi connectivity index (χ2n) is 4.57. The van der Waals surface area contributed by atoms with Gasteiger partial charge in [0.15, 0.2) is 0 Å². The van der Waals surface area contributed by atoms with Gasteiger partial charge in [-0.05, 0) is 24.5 Å². The summed E-state index contributed by atoms with van der Waals surface area (Å²) in [7, 11) is 0. The molecule has 1 fully saturated rings. The number of nitrogens with one attached hydrogen (secondary N) is 1. The average molecular weight is 209 g/mol. The molecule has 0 amide bonds. The Kier molecular flexibility index (Phi) is 3.44. The Morgan fingerprint density at radius 1 is 1.53 bits per heavy atom. The van der Waals surface area contributed by atoms with E-state index in [0.717, 1.165) is 18.9 Å². The molecule has 0 aromatic carbocycles. The van der Waals surface area contributed by atoms with E-state index in [9.17, 15) is 0 Å². The lowest BCUT2D eigenvalue weighted by molar-refractivity contribution is -0.0126. The van der Waals surface area contributed by atoms with Crippen LogP contribution in [0.4, 0.5) is 0 Å². The molecule has 2 rings (SSSR count). The largest absolute Gasteiger partial charge is 0.467 e. The molecule has 2 unspecified atom stereocenters. The van der Waals surface area contributed by atoms with Gasteiger partial charge in [-0.3, -0.25) is 0 Å². The van der Waals surface area contributed by atoms with Crippen molar-refractivity contribution in [1.29, 1.82) is 0 Å². The molecule has 84 valence electrons. The zero-order chi connectivity index (χ0) is 10.7. The fourth-order valence-electron chi connectivity index (χ4n) is 2.00. The van der Waals surface area contributed by atoms with Gasteiger partial charge in [0.05, 0.1) is 12.9 Å². The third-order valence-electron chi connectivity index (χ3n) is 2.71. The summed E-state index contributed by atoms with van der Waals surface area (Å²) in [6.07, 6.45) is 2.95. The smallest absolute Gasteiger partial charge is 0.133 e. The van der Waals surface area contributed by atoms with Crippen molar-refractivity contribution in [3.63, 3.8) is 0 Å². The quantitative estimate of drug-likeness (QED) is 0.829. The molecule has 1 saturated heterocycles. The van der Waals surface area contributed by atoms with Gasteiger partial charge in [-0.2, -0.15) is 0 Å². The Labute approximate surface area is 90.8 Å². The predicted octanol–water partition coefficient (Wildman–Crippen LogP) is 2.36. The van der Waals surface area contributed by atoms with Gasteiger partial charge in [0, 0.05) is 12.6 Å². The molecule has 0 aliphatic carbocycles. The average Bonchev–Trinajstić information content (AvgIpc) is 2.71. The molecule has 1 aliphatic rings. The summed E-state index contributed by atoms with van der Waals surface area (Å²) in [6.45, 7) is 6.11. The summed E-state index contributed by atoms with van der Waals surface area (Å²) in [5.41, 5.74) is 0. The molecule has 0 bridgehead atoms. The predicted molar refractivity (Wildman–Crippen MR) is 58.6 cm³/mol. The highest BCUT2D eigenvalue weighted by molar-refractivity contribution is 5.03. The van der Waals surface area contributed by atoms with E-state index in [-0.39, 0.29) is 6.10 Å². The van der Waals surface area contributed by atoms with Crippen molar-refractivity contribution in [3.8, 4) is 0 Å². The van der Waals surface area contributed by atoms with Gasteiger partial charge in [-0.25, -0.2) is 0 Å². The van der Waals surface area contributed by atoms with Gasteiger partial charge < -0.3 is 14.5 Å². The van der Waals surface area contributed by atoms with Crippen LogP contribution in [0.3, 0.4) is 0 Å². The van der Waals surface area contributed by atoms with Gasteiger partial charge in [0.2, 0.25) is 0 Å². The molecular formula is C12H19NO2. The lowest BCUT2D eigenvalue weighted by Crippen LogP contribution is -2.43. The Bertz CT molecular complexity index is 274. The summed E-state index contributed by atoms with van der Waals surface area (Å²) >= 11 is 0. The first kappa shape index (κ1) is 10.7. The third-order valence-corrected chi connectivity index (χ3v) is 2.71. The highest BCUT2D eigenvalue weighted by Crippen LogP contribution is 2.21. The van der Waals surface area contributed by atoms with Crippen LogP contribution in [-0.2, 0) is 4.74 Å². The van der Waals surface area contributed by atoms with Crippen molar-refractivity contribution < 1.29 is 9.15 Å². The molecule has 3 heteroatoms. The van der Waals surface area contributed by atoms with Crippen molar-refractivity contribution in [3.05, 3.63) is 24.2 Å². The zero-order valence-electron chi connectivity index (χ0n) is 9.40. The molecule has 0 spiro atoms. The standard InChI is InChI=1S/C12H19NO2/c1-9(2)6-10-8-15-12(7-13-10)11-4-3-5-14-11/h3-5,9-10,12-13H,6-8H2,1-2H3. The molecule has 1 N–H and O–H groups in total. The first-order valence-electron chi connectivity index (χ1n) is 5.64. The summed E-state index contributed by atoms with van der Waals surface area (Å²) in [6, 6.07) is 4.37. The normalized spacial score (nSPS) is 27.1. The summed E-state index contributed by atoms with van der Waals surface area (Å²) < 4.78 is 11.1. The first-order chi connectivity index (χ1) is 7.25. The maximum Gasteiger partial charge on any atom is 0.133 e. The number of hydrogen-bond acceptors (Lipinski definition) is 3. The molecule has 0 radical (unpaired) electrons. The molecule has 1 aromatic rings. The fraction of sp³-hybridized carbons (Fsp3) is 0.667. The third kappa shape index (κ3) is 2.83. The monoisotopic (exact) mass is 209 g/mol. The van der Waals surface area contributed by atoms with Crippen molar-refractivity contribution in [2.24, 2.45) is 5.92 Å². The molecule has 2 heterocycles. The topological polar surface area (TPSA) is 34.4 Å². The highest BCUT2D eigenvalue weighted by Gasteiger charge is 2.24. The number of hydrogen-bond donors (Lipinski definition) is 1. The molecule has 3 nitrogen and oxygen atoms in total. The van der Waals surface area contributed by atoms with E-state index in [0.29, 0.717) is 12.0 Å². The maximum atomic E-state index is 5.78. The second kappa shape index (κ2) is 4.81. The van der Waals surface area contributed by atoms with Crippen molar-refractivity contribution >= 4 is 0 Å². The van der Waals surface area contributed by atoms with Crippen molar-refractivity contribution in [1.82, 2.24) is 5.32 Å². The molecule has 0 saturated carbocycles. The van der Waals surface area contributed by atoms with Crippen LogP contribution in [0.1, 0.15) is 32.1 Å². The van der Waals surface area contributed by atoms with E-state index in [4.69, 9.17) is 9.15 Å². The fourth-order valence-corrected chi connectivity index (χ4v) is 2.00. The Morgan fingerprint density at radius 3 is 2.93 bits per heavy atom. The molecular weight excluding hydrogens is 190 g/mol. The van der Waals surface area contributed by atoms with Gasteiger partial charge in [0.25, 0.3) is 0 Å².